The Morgan fingerprint density at radius 2 is 2.04 bits per heavy atom. The fourth-order valence-corrected chi connectivity index (χ4v) is 3.89. The van der Waals surface area contributed by atoms with Crippen molar-refractivity contribution in [3.05, 3.63) is 41.3 Å². The number of methoxy groups -OCH3 is 1. The van der Waals surface area contributed by atoms with Crippen molar-refractivity contribution in [2.45, 2.75) is 31.9 Å². The Hall–Kier alpha value is -1.85. The van der Waals surface area contributed by atoms with E-state index in [0.717, 1.165) is 40.3 Å². The van der Waals surface area contributed by atoms with E-state index in [1.54, 1.807) is 18.4 Å². The van der Waals surface area contributed by atoms with Gasteiger partial charge in [-0.05, 0) is 61.2 Å². The Kier molecular flexibility index (Phi) is 4.98. The molecule has 0 radical (unpaired) electrons. The molecule has 1 aromatic heterocycles. The van der Waals surface area contributed by atoms with Crippen molar-refractivity contribution in [2.24, 2.45) is 5.92 Å². The molecule has 23 heavy (non-hydrogen) atoms. The molecule has 4 nitrogen and oxygen atoms in total. The van der Waals surface area contributed by atoms with E-state index in [1.807, 2.05) is 30.3 Å². The number of benzene rings is 1. The molecule has 0 aliphatic heterocycles. The molecule has 1 aliphatic carbocycles. The monoisotopic (exact) mass is 331 g/mol. The van der Waals surface area contributed by atoms with E-state index >= 15 is 0 Å². The summed E-state index contributed by atoms with van der Waals surface area (Å²) in [6, 6.07) is 12.0. The Morgan fingerprint density at radius 3 is 2.70 bits per heavy atom. The second-order valence-electron chi connectivity index (χ2n) is 5.82. The van der Waals surface area contributed by atoms with Crippen LogP contribution in [0.2, 0.25) is 0 Å². The van der Waals surface area contributed by atoms with Crippen LogP contribution in [0.15, 0.2) is 36.4 Å². The summed E-state index contributed by atoms with van der Waals surface area (Å²) in [7, 11) is 1.65. The first-order valence-electron chi connectivity index (χ1n) is 7.86. The van der Waals surface area contributed by atoms with Crippen LogP contribution >= 0.6 is 11.3 Å². The maximum Gasteiger partial charge on any atom is 0.226 e. The molecule has 1 heterocycles. The highest BCUT2D eigenvalue weighted by Gasteiger charge is 2.31. The van der Waals surface area contributed by atoms with Crippen molar-refractivity contribution in [1.82, 2.24) is 5.32 Å². The van der Waals surface area contributed by atoms with Crippen LogP contribution < -0.4 is 10.1 Å². The van der Waals surface area contributed by atoms with Gasteiger partial charge in [0.2, 0.25) is 5.91 Å². The van der Waals surface area contributed by atoms with Gasteiger partial charge in [0.15, 0.2) is 0 Å². The van der Waals surface area contributed by atoms with Gasteiger partial charge in [0.1, 0.15) is 5.75 Å². The predicted octanol–water partition coefficient (Wildman–Crippen LogP) is 3.20. The zero-order chi connectivity index (χ0) is 16.2. The minimum absolute atomic E-state index is 0.0330. The van der Waals surface area contributed by atoms with Crippen LogP contribution in [-0.2, 0) is 11.3 Å². The number of aliphatic hydroxyl groups is 1. The molecule has 1 amide bonds. The molecule has 0 spiro atoms. The molecule has 3 rings (SSSR count). The molecule has 2 unspecified atom stereocenters. The molecule has 1 aliphatic rings. The highest BCUT2D eigenvalue weighted by atomic mass is 32.1. The molecule has 0 saturated heterocycles. The molecule has 1 fully saturated rings. The van der Waals surface area contributed by atoms with Crippen molar-refractivity contribution >= 4 is 17.2 Å². The van der Waals surface area contributed by atoms with Gasteiger partial charge in [-0.2, -0.15) is 0 Å². The number of carbonyl (C=O) groups is 1. The average Bonchev–Trinajstić information content (AvgIpc) is 3.22. The first kappa shape index (κ1) is 16.0. The zero-order valence-corrected chi connectivity index (χ0v) is 13.9. The molecule has 122 valence electrons. The first-order valence-corrected chi connectivity index (χ1v) is 8.68. The van der Waals surface area contributed by atoms with Gasteiger partial charge in [0.05, 0.1) is 25.7 Å². The van der Waals surface area contributed by atoms with Gasteiger partial charge in [0.25, 0.3) is 0 Å². The highest BCUT2D eigenvalue weighted by molar-refractivity contribution is 7.15. The van der Waals surface area contributed by atoms with E-state index in [4.69, 9.17) is 4.74 Å². The number of hydrogen-bond donors (Lipinski definition) is 2. The minimum atomic E-state index is -0.479. The van der Waals surface area contributed by atoms with Crippen LogP contribution in [0.25, 0.3) is 10.4 Å². The number of aliphatic hydroxyl groups excluding tert-OH is 1. The summed E-state index contributed by atoms with van der Waals surface area (Å²) in [5, 5.41) is 12.7. The summed E-state index contributed by atoms with van der Waals surface area (Å²) >= 11 is 1.67. The molecule has 2 N–H and O–H groups in total. The van der Waals surface area contributed by atoms with Gasteiger partial charge in [0, 0.05) is 9.75 Å². The van der Waals surface area contributed by atoms with Crippen molar-refractivity contribution in [3.8, 4) is 16.2 Å². The summed E-state index contributed by atoms with van der Waals surface area (Å²) in [4.78, 5) is 14.4. The number of thiophene rings is 1. The number of ether oxygens (including phenoxy) is 1. The largest absolute Gasteiger partial charge is 0.497 e. The maximum absolute atomic E-state index is 12.1. The number of nitrogens with one attached hydrogen (secondary N) is 1. The molecule has 2 atom stereocenters. The fourth-order valence-electron chi connectivity index (χ4n) is 2.93. The third kappa shape index (κ3) is 3.74. The summed E-state index contributed by atoms with van der Waals surface area (Å²) in [5.74, 6) is 0.568. The Bertz CT molecular complexity index is 665. The second kappa shape index (κ2) is 7.15. The molecular weight excluding hydrogens is 310 g/mol. The molecule has 1 aromatic carbocycles. The van der Waals surface area contributed by atoms with E-state index in [-0.39, 0.29) is 11.8 Å². The summed E-state index contributed by atoms with van der Waals surface area (Å²) in [6.45, 7) is 0.517. The number of rotatable bonds is 5. The van der Waals surface area contributed by atoms with Crippen LogP contribution in [0, 0.1) is 5.92 Å². The predicted molar refractivity (Wildman–Crippen MR) is 91.5 cm³/mol. The van der Waals surface area contributed by atoms with E-state index in [9.17, 15) is 9.90 Å². The zero-order valence-electron chi connectivity index (χ0n) is 13.1. The highest BCUT2D eigenvalue weighted by Crippen LogP contribution is 2.30. The van der Waals surface area contributed by atoms with Crippen LogP contribution in [0.3, 0.4) is 0 Å². The molecule has 5 heteroatoms. The van der Waals surface area contributed by atoms with E-state index in [2.05, 4.69) is 11.4 Å². The normalized spacial score (nSPS) is 20.4. The van der Waals surface area contributed by atoms with E-state index < -0.39 is 6.10 Å². The lowest BCUT2D eigenvalue weighted by atomic mass is 10.1. The average molecular weight is 331 g/mol. The van der Waals surface area contributed by atoms with Gasteiger partial charge in [-0.15, -0.1) is 11.3 Å². The number of amides is 1. The molecule has 0 bridgehead atoms. The Labute approximate surface area is 140 Å². The van der Waals surface area contributed by atoms with E-state index in [0.29, 0.717) is 6.54 Å². The quantitative estimate of drug-likeness (QED) is 0.884. The van der Waals surface area contributed by atoms with Gasteiger partial charge < -0.3 is 15.2 Å². The standard InChI is InChI=1S/C18H21NO3S/c1-22-13-7-5-12(6-8-13)17-10-9-14(23-17)11-19-18(21)15-3-2-4-16(15)20/h5-10,15-16,20H,2-4,11H2,1H3,(H,19,21). The van der Waals surface area contributed by atoms with Gasteiger partial charge in [-0.3, -0.25) is 4.79 Å². The lowest BCUT2D eigenvalue weighted by molar-refractivity contribution is -0.127. The Balaban J connectivity index is 1.59. The number of hydrogen-bond acceptors (Lipinski definition) is 4. The van der Waals surface area contributed by atoms with Crippen LogP contribution in [0.5, 0.6) is 5.75 Å². The molecular formula is C18H21NO3S. The lowest BCUT2D eigenvalue weighted by Gasteiger charge is -2.13. The third-order valence-electron chi connectivity index (χ3n) is 4.29. The fraction of sp³-hybridized carbons (Fsp3) is 0.389. The van der Waals surface area contributed by atoms with Crippen molar-refractivity contribution in [3.63, 3.8) is 0 Å². The van der Waals surface area contributed by atoms with Crippen molar-refractivity contribution < 1.29 is 14.6 Å². The van der Waals surface area contributed by atoms with Crippen LogP contribution in [0.1, 0.15) is 24.1 Å². The van der Waals surface area contributed by atoms with E-state index in [1.165, 1.54) is 0 Å². The Morgan fingerprint density at radius 1 is 1.26 bits per heavy atom. The summed E-state index contributed by atoms with van der Waals surface area (Å²) in [5.41, 5.74) is 1.14. The van der Waals surface area contributed by atoms with Crippen molar-refractivity contribution in [2.75, 3.05) is 7.11 Å². The SMILES string of the molecule is COc1ccc(-c2ccc(CNC(=O)C3CCCC3O)s2)cc1. The van der Waals surface area contributed by atoms with Gasteiger partial charge in [-0.25, -0.2) is 0 Å². The second-order valence-corrected chi connectivity index (χ2v) is 6.99. The molecule has 1 saturated carbocycles. The topological polar surface area (TPSA) is 58.6 Å². The van der Waals surface area contributed by atoms with Gasteiger partial charge in [-0.1, -0.05) is 0 Å². The van der Waals surface area contributed by atoms with Crippen LogP contribution in [0.4, 0.5) is 0 Å². The first-order chi connectivity index (χ1) is 11.2. The number of carbonyl (C=O) groups excluding carboxylic acids is 1. The summed E-state index contributed by atoms with van der Waals surface area (Å²) in [6.07, 6.45) is 1.97. The minimum Gasteiger partial charge on any atom is -0.497 e. The van der Waals surface area contributed by atoms with Gasteiger partial charge >= 0.3 is 0 Å². The molecule has 2 aromatic rings. The summed E-state index contributed by atoms with van der Waals surface area (Å²) < 4.78 is 5.17. The van der Waals surface area contributed by atoms with Crippen molar-refractivity contribution in [1.29, 1.82) is 0 Å². The third-order valence-corrected chi connectivity index (χ3v) is 5.42. The smallest absolute Gasteiger partial charge is 0.226 e. The lowest BCUT2D eigenvalue weighted by Crippen LogP contribution is -2.34. The van der Waals surface area contributed by atoms with Crippen LogP contribution in [-0.4, -0.2) is 24.2 Å². The maximum atomic E-state index is 12.1.